The van der Waals surface area contributed by atoms with Crippen LogP contribution in [-0.2, 0) is 0 Å². The molecule has 1 heterocycles. The fraction of sp³-hybridized carbons (Fsp3) is 0.600. The minimum absolute atomic E-state index is 0.480. The summed E-state index contributed by atoms with van der Waals surface area (Å²) in [7, 11) is 0. The zero-order valence-electron chi connectivity index (χ0n) is 7.82. The molecule has 1 unspecified atom stereocenters. The predicted molar refractivity (Wildman–Crippen MR) is 70.7 cm³/mol. The van der Waals surface area contributed by atoms with Gasteiger partial charge in [0.15, 0.2) is 0 Å². The molecule has 0 bridgehead atoms. The highest BCUT2D eigenvalue weighted by molar-refractivity contribution is 9.10. The lowest BCUT2D eigenvalue weighted by Crippen LogP contribution is -2.05. The van der Waals surface area contributed by atoms with Gasteiger partial charge in [0.2, 0.25) is 0 Å². The third kappa shape index (κ3) is 1.93. The van der Waals surface area contributed by atoms with Gasteiger partial charge in [-0.25, -0.2) is 0 Å². The molecule has 1 saturated carbocycles. The summed E-state index contributed by atoms with van der Waals surface area (Å²) in [5.41, 5.74) is 0.508. The molecule has 1 atom stereocenters. The number of rotatable bonds is 3. The van der Waals surface area contributed by atoms with Crippen LogP contribution in [0.3, 0.4) is 0 Å². The van der Waals surface area contributed by atoms with Gasteiger partial charge >= 0.3 is 0 Å². The molecule has 0 aromatic carbocycles. The minimum Gasteiger partial charge on any atom is -0.126 e. The lowest BCUT2D eigenvalue weighted by Gasteiger charge is -2.18. The summed E-state index contributed by atoms with van der Waals surface area (Å²) in [6, 6.07) is 2.14. The Morgan fingerprint density at radius 1 is 1.64 bits per heavy atom. The van der Waals surface area contributed by atoms with Crippen LogP contribution in [0.1, 0.15) is 35.9 Å². The Labute approximate surface area is 110 Å². The van der Waals surface area contributed by atoms with Crippen LogP contribution < -0.4 is 0 Å². The monoisotopic (exact) mass is 356 g/mol. The van der Waals surface area contributed by atoms with Gasteiger partial charge in [0.25, 0.3) is 0 Å². The fourth-order valence-corrected chi connectivity index (χ4v) is 4.79. The van der Waals surface area contributed by atoms with Crippen molar-refractivity contribution >= 4 is 54.8 Å². The molecule has 0 radical (unpaired) electrons. The molecule has 2 rings (SSSR count). The van der Waals surface area contributed by atoms with E-state index in [1.807, 2.05) is 0 Å². The Bertz CT molecular complexity index is 324. The first-order valence-corrected chi connectivity index (χ1v) is 7.58. The van der Waals surface area contributed by atoms with Crippen LogP contribution >= 0.6 is 54.8 Å². The number of alkyl halides is 1. The van der Waals surface area contributed by atoms with Gasteiger partial charge in [0.05, 0.1) is 4.83 Å². The molecule has 78 valence electrons. The Morgan fingerprint density at radius 2 is 2.29 bits per heavy atom. The number of thiophene rings is 1. The van der Waals surface area contributed by atoms with Gasteiger partial charge in [-0.15, -0.1) is 11.3 Å². The number of halogens is 3. The van der Waals surface area contributed by atoms with Crippen molar-refractivity contribution in [1.29, 1.82) is 0 Å². The molecule has 1 aromatic heterocycles. The molecule has 1 aromatic rings. The first-order valence-electron chi connectivity index (χ1n) is 4.68. The molecule has 0 saturated heterocycles. The zero-order chi connectivity index (χ0) is 10.3. The van der Waals surface area contributed by atoms with Crippen LogP contribution in [0.2, 0.25) is 4.34 Å². The summed E-state index contributed by atoms with van der Waals surface area (Å²) in [6.45, 7) is 2.27. The summed E-state index contributed by atoms with van der Waals surface area (Å²) in [6.07, 6.45) is 3.93. The second-order valence-corrected chi connectivity index (χ2v) is 7.30. The van der Waals surface area contributed by atoms with Crippen LogP contribution in [0, 0.1) is 5.41 Å². The molecule has 1 aliphatic carbocycles. The lowest BCUT2D eigenvalue weighted by atomic mass is 9.98. The molecule has 1 fully saturated rings. The maximum Gasteiger partial charge on any atom is 0.107 e. The van der Waals surface area contributed by atoms with Crippen LogP contribution in [0.25, 0.3) is 0 Å². The second-order valence-electron chi connectivity index (χ2n) is 3.85. The van der Waals surface area contributed by atoms with Gasteiger partial charge in [-0.1, -0.05) is 34.5 Å². The van der Waals surface area contributed by atoms with Crippen molar-refractivity contribution in [2.24, 2.45) is 5.41 Å². The quantitative estimate of drug-likeness (QED) is 0.600. The highest BCUT2D eigenvalue weighted by Gasteiger charge is 2.47. The van der Waals surface area contributed by atoms with E-state index in [9.17, 15) is 0 Å². The number of hydrogen-bond donors (Lipinski definition) is 0. The van der Waals surface area contributed by atoms with E-state index in [1.165, 1.54) is 24.1 Å². The molecular formula is C10H11Br2ClS. The van der Waals surface area contributed by atoms with Gasteiger partial charge in [-0.2, -0.15) is 0 Å². The fourth-order valence-electron chi connectivity index (χ4n) is 1.74. The molecule has 0 amide bonds. The van der Waals surface area contributed by atoms with Gasteiger partial charge in [0, 0.05) is 9.35 Å². The molecule has 4 heteroatoms. The standard InChI is InChI=1S/C10H11Br2ClS/c1-2-10(3-4-10)8(12)7-5-6(11)9(13)14-7/h5,8H,2-4H2,1H3. The van der Waals surface area contributed by atoms with E-state index >= 15 is 0 Å². The van der Waals surface area contributed by atoms with Gasteiger partial charge in [0.1, 0.15) is 4.34 Å². The molecular weight excluding hydrogens is 347 g/mol. The van der Waals surface area contributed by atoms with Crippen molar-refractivity contribution in [3.63, 3.8) is 0 Å². The lowest BCUT2D eigenvalue weighted by molar-refractivity contribution is 0.488. The molecule has 0 nitrogen and oxygen atoms in total. The second kappa shape index (κ2) is 4.08. The van der Waals surface area contributed by atoms with Crippen LogP contribution in [0.5, 0.6) is 0 Å². The Kier molecular flexibility index (Phi) is 3.33. The van der Waals surface area contributed by atoms with E-state index in [1.54, 1.807) is 11.3 Å². The summed E-state index contributed by atoms with van der Waals surface area (Å²) < 4.78 is 1.88. The molecule has 0 N–H and O–H groups in total. The normalized spacial score (nSPS) is 20.9. The smallest absolute Gasteiger partial charge is 0.107 e. The SMILES string of the molecule is CCC1(C(Br)c2cc(Br)c(Cl)s2)CC1. The molecule has 0 aliphatic heterocycles. The van der Waals surface area contributed by atoms with Crippen LogP contribution in [-0.4, -0.2) is 0 Å². The van der Waals surface area contributed by atoms with Crippen molar-refractivity contribution in [2.45, 2.75) is 31.0 Å². The van der Waals surface area contributed by atoms with E-state index in [0.29, 0.717) is 10.2 Å². The Balaban J connectivity index is 2.23. The summed E-state index contributed by atoms with van der Waals surface area (Å²) >= 11 is 15.0. The topological polar surface area (TPSA) is 0 Å². The van der Waals surface area contributed by atoms with Crippen molar-refractivity contribution in [2.75, 3.05) is 0 Å². The van der Waals surface area contributed by atoms with Crippen molar-refractivity contribution in [1.82, 2.24) is 0 Å². The van der Waals surface area contributed by atoms with E-state index in [4.69, 9.17) is 11.6 Å². The van der Waals surface area contributed by atoms with E-state index < -0.39 is 0 Å². The van der Waals surface area contributed by atoms with Crippen LogP contribution in [0.4, 0.5) is 0 Å². The highest BCUT2D eigenvalue weighted by atomic mass is 79.9. The Hall–Kier alpha value is 0.950. The van der Waals surface area contributed by atoms with E-state index in [0.717, 1.165) is 8.81 Å². The van der Waals surface area contributed by atoms with Crippen molar-refractivity contribution in [3.05, 3.63) is 19.8 Å². The van der Waals surface area contributed by atoms with E-state index in [-0.39, 0.29) is 0 Å². The van der Waals surface area contributed by atoms with Crippen molar-refractivity contribution < 1.29 is 0 Å². The summed E-state index contributed by atoms with van der Waals surface area (Å²) in [5, 5.41) is 0. The zero-order valence-corrected chi connectivity index (χ0v) is 12.6. The highest BCUT2D eigenvalue weighted by Crippen LogP contribution is 2.62. The van der Waals surface area contributed by atoms with E-state index in [2.05, 4.69) is 44.8 Å². The maximum absolute atomic E-state index is 6.04. The average molecular weight is 359 g/mol. The van der Waals surface area contributed by atoms with Crippen LogP contribution in [0.15, 0.2) is 10.5 Å². The first-order chi connectivity index (χ1) is 6.59. The first kappa shape index (κ1) is 11.4. The Morgan fingerprint density at radius 3 is 2.64 bits per heavy atom. The van der Waals surface area contributed by atoms with Gasteiger partial charge in [-0.3, -0.25) is 0 Å². The summed E-state index contributed by atoms with van der Waals surface area (Å²) in [4.78, 5) is 1.83. The molecule has 0 spiro atoms. The molecule has 14 heavy (non-hydrogen) atoms. The number of hydrogen-bond acceptors (Lipinski definition) is 1. The third-order valence-corrected chi connectivity index (χ3v) is 7.36. The van der Waals surface area contributed by atoms with Gasteiger partial charge < -0.3 is 0 Å². The average Bonchev–Trinajstić information content (AvgIpc) is 2.90. The molecule has 1 aliphatic rings. The maximum atomic E-state index is 6.04. The largest absolute Gasteiger partial charge is 0.126 e. The minimum atomic E-state index is 0.480. The van der Waals surface area contributed by atoms with Gasteiger partial charge in [-0.05, 0) is 46.7 Å². The third-order valence-electron chi connectivity index (χ3n) is 3.05. The van der Waals surface area contributed by atoms with Crippen molar-refractivity contribution in [3.8, 4) is 0 Å². The summed E-state index contributed by atoms with van der Waals surface area (Å²) in [5.74, 6) is 0. The predicted octanol–water partition coefficient (Wildman–Crippen LogP) is 5.79.